The maximum Gasteiger partial charge on any atom is 0.266 e. The molecule has 9 heteroatoms. The normalized spacial score (nSPS) is 15.1. The summed E-state index contributed by atoms with van der Waals surface area (Å²) >= 11 is 10.9. The Morgan fingerprint density at radius 1 is 1.15 bits per heavy atom. The lowest BCUT2D eigenvalue weighted by Gasteiger charge is -2.25. The van der Waals surface area contributed by atoms with Gasteiger partial charge in [-0.2, -0.15) is 0 Å². The average molecular weight is 391 g/mol. The molecule has 2 amide bonds. The van der Waals surface area contributed by atoms with Crippen LogP contribution in [0.4, 0.5) is 11.4 Å². The molecule has 2 aromatic carbocycles. The largest absolute Gasteiger partial charge is 0.478 e. The third kappa shape index (κ3) is 4.62. The summed E-state index contributed by atoms with van der Waals surface area (Å²) < 4.78 is 5.57. The van der Waals surface area contributed by atoms with Gasteiger partial charge in [0, 0.05) is 10.7 Å². The van der Waals surface area contributed by atoms with E-state index in [4.69, 9.17) is 28.6 Å². The lowest BCUT2D eigenvalue weighted by molar-refractivity contribution is -0.130. The molecule has 134 valence electrons. The van der Waals surface area contributed by atoms with Crippen molar-refractivity contribution in [2.24, 2.45) is 0 Å². The zero-order chi connectivity index (χ0) is 18.5. The highest BCUT2D eigenvalue weighted by molar-refractivity contribution is 7.80. The first-order valence-electron chi connectivity index (χ1n) is 7.69. The van der Waals surface area contributed by atoms with Crippen LogP contribution in [0.15, 0.2) is 48.5 Å². The first-order valence-corrected chi connectivity index (χ1v) is 8.48. The van der Waals surface area contributed by atoms with E-state index in [2.05, 4.69) is 21.5 Å². The molecule has 0 aliphatic carbocycles. The van der Waals surface area contributed by atoms with Crippen molar-refractivity contribution in [1.82, 2.24) is 10.9 Å². The minimum absolute atomic E-state index is 0.156. The SMILES string of the molecule is O=C(C[C@H]1Oc2ccccc2NC1=O)NNC(=S)Nc1ccc(Cl)cc1. The van der Waals surface area contributed by atoms with Crippen LogP contribution in [0.5, 0.6) is 5.75 Å². The number of hydrogen-bond acceptors (Lipinski definition) is 4. The van der Waals surface area contributed by atoms with Crippen LogP contribution in [0.1, 0.15) is 6.42 Å². The molecule has 0 unspecified atom stereocenters. The maximum atomic E-state index is 12.0. The van der Waals surface area contributed by atoms with Gasteiger partial charge in [-0.1, -0.05) is 23.7 Å². The van der Waals surface area contributed by atoms with Crippen LogP contribution in [0, 0.1) is 0 Å². The molecule has 1 heterocycles. The summed E-state index contributed by atoms with van der Waals surface area (Å²) in [5.41, 5.74) is 6.30. The zero-order valence-corrected chi connectivity index (χ0v) is 15.0. The standard InChI is InChI=1S/C17H15ClN4O3S/c18-10-5-7-11(8-6-10)19-17(26)22-21-15(23)9-14-16(24)20-12-3-1-2-4-13(12)25-14/h1-8,14H,9H2,(H,20,24)(H,21,23)(H2,19,22,26)/t14-/m1/s1. The number of carbonyl (C=O) groups excluding carboxylic acids is 2. The lowest BCUT2D eigenvalue weighted by atomic mass is 10.1. The number of hydrogen-bond donors (Lipinski definition) is 4. The van der Waals surface area contributed by atoms with Crippen molar-refractivity contribution < 1.29 is 14.3 Å². The van der Waals surface area contributed by atoms with Crippen molar-refractivity contribution in [2.45, 2.75) is 12.5 Å². The van der Waals surface area contributed by atoms with Crippen molar-refractivity contribution in [3.8, 4) is 5.75 Å². The number of rotatable bonds is 3. The fourth-order valence-electron chi connectivity index (χ4n) is 2.27. The quantitative estimate of drug-likeness (QED) is 0.475. The molecule has 0 bridgehead atoms. The van der Waals surface area contributed by atoms with Gasteiger partial charge >= 0.3 is 0 Å². The Hall–Kier alpha value is -2.84. The summed E-state index contributed by atoms with van der Waals surface area (Å²) in [6.45, 7) is 0. The summed E-state index contributed by atoms with van der Waals surface area (Å²) in [5.74, 6) is -0.289. The molecule has 0 saturated heterocycles. The number of nitrogens with one attached hydrogen (secondary N) is 4. The molecule has 0 saturated carbocycles. The van der Waals surface area contributed by atoms with Crippen molar-refractivity contribution in [1.29, 1.82) is 0 Å². The number of benzene rings is 2. The van der Waals surface area contributed by atoms with E-state index in [0.29, 0.717) is 22.1 Å². The number of carbonyl (C=O) groups is 2. The molecule has 1 atom stereocenters. The van der Waals surface area contributed by atoms with E-state index in [1.165, 1.54) is 0 Å². The smallest absolute Gasteiger partial charge is 0.266 e. The van der Waals surface area contributed by atoms with Gasteiger partial charge in [-0.3, -0.25) is 20.4 Å². The van der Waals surface area contributed by atoms with E-state index in [-0.39, 0.29) is 17.4 Å². The number of anilines is 2. The number of para-hydroxylation sites is 2. The van der Waals surface area contributed by atoms with Crippen LogP contribution in [-0.2, 0) is 9.59 Å². The fourth-order valence-corrected chi connectivity index (χ4v) is 2.56. The summed E-state index contributed by atoms with van der Waals surface area (Å²) in [5, 5.41) is 6.39. The highest BCUT2D eigenvalue weighted by Gasteiger charge is 2.29. The molecule has 7 nitrogen and oxygen atoms in total. The van der Waals surface area contributed by atoms with Crippen LogP contribution < -0.4 is 26.2 Å². The summed E-state index contributed by atoms with van der Waals surface area (Å²) in [4.78, 5) is 24.0. The van der Waals surface area contributed by atoms with E-state index >= 15 is 0 Å². The second-order valence-electron chi connectivity index (χ2n) is 5.43. The van der Waals surface area contributed by atoms with E-state index in [1.54, 1.807) is 48.5 Å². The Morgan fingerprint density at radius 3 is 2.65 bits per heavy atom. The van der Waals surface area contributed by atoms with E-state index < -0.39 is 12.0 Å². The van der Waals surface area contributed by atoms with Crippen LogP contribution in [0.25, 0.3) is 0 Å². The lowest BCUT2D eigenvalue weighted by Crippen LogP contribution is -2.47. The third-order valence-corrected chi connectivity index (χ3v) is 3.95. The molecule has 26 heavy (non-hydrogen) atoms. The van der Waals surface area contributed by atoms with Gasteiger partial charge in [0.2, 0.25) is 5.91 Å². The highest BCUT2D eigenvalue weighted by Crippen LogP contribution is 2.29. The van der Waals surface area contributed by atoms with Gasteiger partial charge in [0.05, 0.1) is 12.1 Å². The van der Waals surface area contributed by atoms with Crippen LogP contribution in [0.3, 0.4) is 0 Å². The second-order valence-corrected chi connectivity index (χ2v) is 6.27. The third-order valence-electron chi connectivity index (χ3n) is 3.49. The second kappa shape index (κ2) is 8.03. The summed E-state index contributed by atoms with van der Waals surface area (Å²) in [7, 11) is 0. The topological polar surface area (TPSA) is 91.5 Å². The first-order chi connectivity index (χ1) is 12.5. The van der Waals surface area contributed by atoms with Crippen LogP contribution >= 0.6 is 23.8 Å². The Balaban J connectivity index is 1.47. The number of amides is 2. The Bertz CT molecular complexity index is 844. The van der Waals surface area contributed by atoms with Crippen LogP contribution in [-0.4, -0.2) is 23.0 Å². The van der Waals surface area contributed by atoms with Gasteiger partial charge in [-0.15, -0.1) is 0 Å². The molecule has 1 aliphatic heterocycles. The average Bonchev–Trinajstić information content (AvgIpc) is 2.62. The molecule has 0 spiro atoms. The minimum Gasteiger partial charge on any atom is -0.478 e. The van der Waals surface area contributed by atoms with Crippen molar-refractivity contribution in [3.05, 3.63) is 53.6 Å². The molecule has 1 aliphatic rings. The Morgan fingerprint density at radius 2 is 1.88 bits per heavy atom. The van der Waals surface area contributed by atoms with Crippen molar-refractivity contribution >= 4 is 52.1 Å². The molecule has 0 fully saturated rings. The fraction of sp³-hybridized carbons (Fsp3) is 0.118. The number of hydrazine groups is 1. The number of fused-ring (bicyclic) bond motifs is 1. The number of thiocarbonyl (C=S) groups is 1. The molecule has 2 aromatic rings. The predicted octanol–water partition coefficient (Wildman–Crippen LogP) is 2.45. The summed E-state index contributed by atoms with van der Waals surface area (Å²) in [6, 6.07) is 13.9. The van der Waals surface area contributed by atoms with Crippen LogP contribution in [0.2, 0.25) is 5.02 Å². The van der Waals surface area contributed by atoms with E-state index in [9.17, 15) is 9.59 Å². The molecule has 0 aromatic heterocycles. The van der Waals surface area contributed by atoms with E-state index in [1.807, 2.05) is 0 Å². The molecular weight excluding hydrogens is 376 g/mol. The van der Waals surface area contributed by atoms with Gasteiger partial charge in [-0.05, 0) is 48.6 Å². The van der Waals surface area contributed by atoms with Crippen molar-refractivity contribution in [2.75, 3.05) is 10.6 Å². The Labute approximate surface area is 160 Å². The molecule has 3 rings (SSSR count). The number of halogens is 1. The van der Waals surface area contributed by atoms with Gasteiger partial charge in [0.15, 0.2) is 11.2 Å². The monoisotopic (exact) mass is 390 g/mol. The van der Waals surface area contributed by atoms with Crippen molar-refractivity contribution in [3.63, 3.8) is 0 Å². The van der Waals surface area contributed by atoms with Gasteiger partial charge in [-0.25, -0.2) is 0 Å². The zero-order valence-electron chi connectivity index (χ0n) is 13.4. The first kappa shape index (κ1) is 18.0. The predicted molar refractivity (Wildman–Crippen MR) is 103 cm³/mol. The van der Waals surface area contributed by atoms with E-state index in [0.717, 1.165) is 0 Å². The summed E-state index contributed by atoms with van der Waals surface area (Å²) in [6.07, 6.45) is -1.07. The van der Waals surface area contributed by atoms with Gasteiger partial charge in [0.1, 0.15) is 5.75 Å². The Kier molecular flexibility index (Phi) is 5.55. The van der Waals surface area contributed by atoms with Gasteiger partial charge in [0.25, 0.3) is 5.91 Å². The molecule has 4 N–H and O–H groups in total. The highest BCUT2D eigenvalue weighted by atomic mass is 35.5. The molecule has 0 radical (unpaired) electrons. The van der Waals surface area contributed by atoms with Gasteiger partial charge < -0.3 is 15.4 Å². The minimum atomic E-state index is -0.913. The molecular formula is C17H15ClN4O3S. The maximum absolute atomic E-state index is 12.0. The number of ether oxygens (including phenoxy) is 1.